The Balaban J connectivity index is 2.40. The van der Waals surface area contributed by atoms with Gasteiger partial charge in [-0.2, -0.15) is 0 Å². The molecule has 88 valence electrons. The summed E-state index contributed by atoms with van der Waals surface area (Å²) < 4.78 is 0. The van der Waals surface area contributed by atoms with Crippen LogP contribution in [0.4, 0.5) is 0 Å². The van der Waals surface area contributed by atoms with E-state index in [0.29, 0.717) is 19.5 Å². The van der Waals surface area contributed by atoms with Crippen LogP contribution < -0.4 is 11.1 Å². The van der Waals surface area contributed by atoms with Crippen molar-refractivity contribution in [1.82, 2.24) is 10.2 Å². The van der Waals surface area contributed by atoms with Gasteiger partial charge in [-0.25, -0.2) is 0 Å². The minimum Gasteiger partial charge on any atom is -0.369 e. The highest BCUT2D eigenvalue weighted by atomic mass is 16.2. The normalized spacial score (nSPS) is 25.0. The molecule has 0 aromatic carbocycles. The average Bonchev–Trinajstić information content (AvgIpc) is 2.58. The van der Waals surface area contributed by atoms with E-state index in [1.807, 2.05) is 11.8 Å². The van der Waals surface area contributed by atoms with E-state index in [1.54, 1.807) is 0 Å². The minimum absolute atomic E-state index is 0.119. The summed E-state index contributed by atoms with van der Waals surface area (Å²) in [5, 5.41) is 2.58. The Morgan fingerprint density at radius 1 is 1.62 bits per heavy atom. The number of rotatable bonds is 4. The molecule has 1 aliphatic rings. The number of carbonyl (C=O) groups is 2. The highest BCUT2D eigenvalue weighted by Crippen LogP contribution is 2.28. The molecular formula is C11H17N3O2. The second-order valence-electron chi connectivity index (χ2n) is 4.37. The molecule has 5 nitrogen and oxygen atoms in total. The Labute approximate surface area is 95.4 Å². The number of hydrogen-bond donors (Lipinski definition) is 2. The maximum atomic E-state index is 11.4. The van der Waals surface area contributed by atoms with Crippen LogP contribution in [0.1, 0.15) is 13.3 Å². The van der Waals surface area contributed by atoms with Crippen molar-refractivity contribution in [1.29, 1.82) is 0 Å². The van der Waals surface area contributed by atoms with Gasteiger partial charge in [0, 0.05) is 6.54 Å². The molecule has 1 rings (SSSR count). The van der Waals surface area contributed by atoms with Crippen molar-refractivity contribution in [3.8, 4) is 12.3 Å². The molecule has 16 heavy (non-hydrogen) atoms. The molecule has 3 N–H and O–H groups in total. The van der Waals surface area contributed by atoms with Gasteiger partial charge in [-0.1, -0.05) is 5.92 Å². The second kappa shape index (κ2) is 4.99. The molecule has 2 amide bonds. The summed E-state index contributed by atoms with van der Waals surface area (Å²) in [6.45, 7) is 3.58. The standard InChI is InChI=1S/C11H17N3O2/c1-3-5-13-9(15)7-14-6-4-11(2,8-14)10(12)16/h1H,4-8H2,2H3,(H2,12,16)(H,13,15). The van der Waals surface area contributed by atoms with Crippen molar-refractivity contribution in [2.24, 2.45) is 11.1 Å². The highest BCUT2D eigenvalue weighted by molar-refractivity contribution is 5.82. The van der Waals surface area contributed by atoms with Crippen LogP contribution >= 0.6 is 0 Å². The third kappa shape index (κ3) is 2.97. The van der Waals surface area contributed by atoms with E-state index in [4.69, 9.17) is 12.2 Å². The summed E-state index contributed by atoms with van der Waals surface area (Å²) in [4.78, 5) is 24.5. The summed E-state index contributed by atoms with van der Waals surface area (Å²) in [6.07, 6.45) is 5.73. The number of hydrogen-bond acceptors (Lipinski definition) is 3. The van der Waals surface area contributed by atoms with Crippen LogP contribution in [0.5, 0.6) is 0 Å². The molecule has 0 bridgehead atoms. The zero-order valence-electron chi connectivity index (χ0n) is 9.45. The fourth-order valence-electron chi connectivity index (χ4n) is 1.80. The lowest BCUT2D eigenvalue weighted by atomic mass is 9.89. The Kier molecular flexibility index (Phi) is 3.91. The van der Waals surface area contributed by atoms with Crippen molar-refractivity contribution in [2.45, 2.75) is 13.3 Å². The smallest absolute Gasteiger partial charge is 0.234 e. The van der Waals surface area contributed by atoms with Crippen LogP contribution in [0.25, 0.3) is 0 Å². The highest BCUT2D eigenvalue weighted by Gasteiger charge is 2.39. The van der Waals surface area contributed by atoms with Gasteiger partial charge in [0.15, 0.2) is 0 Å². The molecule has 0 aliphatic carbocycles. The number of carbonyl (C=O) groups excluding carboxylic acids is 2. The lowest BCUT2D eigenvalue weighted by Crippen LogP contribution is -2.40. The van der Waals surface area contributed by atoms with Gasteiger partial charge in [0.25, 0.3) is 0 Å². The Bertz CT molecular complexity index is 335. The zero-order chi connectivity index (χ0) is 12.2. The SMILES string of the molecule is C#CCNC(=O)CN1CCC(C)(C(N)=O)C1. The first-order valence-corrected chi connectivity index (χ1v) is 5.20. The fourth-order valence-corrected chi connectivity index (χ4v) is 1.80. The molecule has 5 heteroatoms. The van der Waals surface area contributed by atoms with Crippen LogP contribution in [0.15, 0.2) is 0 Å². The summed E-state index contributed by atoms with van der Waals surface area (Å²) in [7, 11) is 0. The third-order valence-corrected chi connectivity index (χ3v) is 2.90. The monoisotopic (exact) mass is 223 g/mol. The first-order chi connectivity index (χ1) is 7.48. The van der Waals surface area contributed by atoms with Gasteiger partial charge >= 0.3 is 0 Å². The van der Waals surface area contributed by atoms with E-state index in [2.05, 4.69) is 11.2 Å². The number of primary amides is 1. The molecule has 1 fully saturated rings. The van der Waals surface area contributed by atoms with Crippen molar-refractivity contribution in [3.63, 3.8) is 0 Å². The molecule has 0 spiro atoms. The minimum atomic E-state index is -0.508. The van der Waals surface area contributed by atoms with Gasteiger partial charge in [0.1, 0.15) is 0 Å². The Morgan fingerprint density at radius 2 is 2.31 bits per heavy atom. The molecule has 1 heterocycles. The third-order valence-electron chi connectivity index (χ3n) is 2.90. The van der Waals surface area contributed by atoms with Gasteiger partial charge in [-0.05, 0) is 19.9 Å². The first-order valence-electron chi connectivity index (χ1n) is 5.20. The van der Waals surface area contributed by atoms with Crippen molar-refractivity contribution in [3.05, 3.63) is 0 Å². The maximum Gasteiger partial charge on any atom is 0.234 e. The zero-order valence-corrected chi connectivity index (χ0v) is 9.45. The molecule has 1 aliphatic heterocycles. The van der Waals surface area contributed by atoms with E-state index >= 15 is 0 Å². The van der Waals surface area contributed by atoms with Gasteiger partial charge in [0.2, 0.25) is 11.8 Å². The molecule has 1 unspecified atom stereocenters. The van der Waals surface area contributed by atoms with Gasteiger partial charge in [-0.3, -0.25) is 14.5 Å². The number of nitrogens with zero attached hydrogens (tertiary/aromatic N) is 1. The molecule has 0 saturated carbocycles. The molecular weight excluding hydrogens is 206 g/mol. The molecule has 1 saturated heterocycles. The molecule has 0 radical (unpaired) electrons. The van der Waals surface area contributed by atoms with Crippen LogP contribution in [0.3, 0.4) is 0 Å². The van der Waals surface area contributed by atoms with Crippen LogP contribution in [0, 0.1) is 17.8 Å². The van der Waals surface area contributed by atoms with Gasteiger partial charge < -0.3 is 11.1 Å². The lowest BCUT2D eigenvalue weighted by Gasteiger charge is -2.20. The lowest BCUT2D eigenvalue weighted by molar-refractivity contribution is -0.127. The summed E-state index contributed by atoms with van der Waals surface area (Å²) in [5.74, 6) is 1.91. The summed E-state index contributed by atoms with van der Waals surface area (Å²) in [6, 6.07) is 0. The summed E-state index contributed by atoms with van der Waals surface area (Å²) >= 11 is 0. The van der Waals surface area contributed by atoms with Crippen LogP contribution in [-0.2, 0) is 9.59 Å². The number of nitrogens with one attached hydrogen (secondary N) is 1. The topological polar surface area (TPSA) is 75.4 Å². The molecule has 0 aromatic heterocycles. The number of nitrogens with two attached hydrogens (primary N) is 1. The average molecular weight is 223 g/mol. The van der Waals surface area contributed by atoms with E-state index in [1.165, 1.54) is 0 Å². The second-order valence-corrected chi connectivity index (χ2v) is 4.37. The van der Waals surface area contributed by atoms with Gasteiger partial charge in [0.05, 0.1) is 18.5 Å². The Morgan fingerprint density at radius 3 is 2.81 bits per heavy atom. The molecule has 0 aromatic rings. The van der Waals surface area contributed by atoms with Crippen LogP contribution in [-0.4, -0.2) is 42.9 Å². The largest absolute Gasteiger partial charge is 0.369 e. The van der Waals surface area contributed by atoms with Crippen molar-refractivity contribution in [2.75, 3.05) is 26.2 Å². The first kappa shape index (κ1) is 12.5. The summed E-state index contributed by atoms with van der Waals surface area (Å²) in [5.41, 5.74) is 4.81. The predicted molar refractivity (Wildman–Crippen MR) is 60.2 cm³/mol. The maximum absolute atomic E-state index is 11.4. The molecule has 1 atom stereocenters. The number of amides is 2. The van der Waals surface area contributed by atoms with E-state index in [-0.39, 0.29) is 24.9 Å². The van der Waals surface area contributed by atoms with Crippen LogP contribution in [0.2, 0.25) is 0 Å². The van der Waals surface area contributed by atoms with Gasteiger partial charge in [-0.15, -0.1) is 6.42 Å². The predicted octanol–water partition coefficient (Wildman–Crippen LogP) is -1.07. The Hall–Kier alpha value is -1.54. The number of likely N-dealkylation sites (tertiary alicyclic amines) is 1. The van der Waals surface area contributed by atoms with Crippen molar-refractivity contribution >= 4 is 11.8 Å². The van der Waals surface area contributed by atoms with E-state index in [0.717, 1.165) is 0 Å². The van der Waals surface area contributed by atoms with E-state index in [9.17, 15) is 9.59 Å². The quantitative estimate of drug-likeness (QED) is 0.596. The van der Waals surface area contributed by atoms with Crippen molar-refractivity contribution < 1.29 is 9.59 Å². The number of terminal acetylenes is 1. The fraction of sp³-hybridized carbons (Fsp3) is 0.636. The van der Waals surface area contributed by atoms with E-state index < -0.39 is 5.41 Å².